The Morgan fingerprint density at radius 2 is 1.96 bits per heavy atom. The highest BCUT2D eigenvalue weighted by atomic mass is 16.6. The first-order valence-electron chi connectivity index (χ1n) is 9.45. The van der Waals surface area contributed by atoms with Gasteiger partial charge < -0.3 is 24.3 Å². The van der Waals surface area contributed by atoms with Gasteiger partial charge in [-0.3, -0.25) is 4.98 Å². The number of carbonyl (C=O) groups excluding carboxylic acids is 1. The number of hydrogen-bond acceptors (Lipinski definition) is 6. The van der Waals surface area contributed by atoms with E-state index in [0.29, 0.717) is 26.3 Å². The second-order valence-electron chi connectivity index (χ2n) is 7.01. The Kier molecular flexibility index (Phi) is 4.32. The molecule has 0 bridgehead atoms. The van der Waals surface area contributed by atoms with Crippen LogP contribution in [-0.2, 0) is 9.47 Å². The van der Waals surface area contributed by atoms with Crippen molar-refractivity contribution in [1.29, 1.82) is 0 Å². The molecule has 144 valence electrons. The molecule has 2 saturated heterocycles. The van der Waals surface area contributed by atoms with Gasteiger partial charge in [-0.25, -0.2) is 9.78 Å². The Morgan fingerprint density at radius 3 is 2.68 bits per heavy atom. The van der Waals surface area contributed by atoms with E-state index in [-0.39, 0.29) is 12.2 Å². The summed E-state index contributed by atoms with van der Waals surface area (Å²) in [7, 11) is 0. The molecule has 3 aromatic heterocycles. The van der Waals surface area contributed by atoms with Crippen LogP contribution in [0.1, 0.15) is 0 Å². The van der Waals surface area contributed by atoms with E-state index < -0.39 is 0 Å². The summed E-state index contributed by atoms with van der Waals surface area (Å²) in [6.45, 7) is 3.78. The van der Waals surface area contributed by atoms with E-state index in [1.165, 1.54) is 0 Å². The van der Waals surface area contributed by atoms with Crippen LogP contribution in [0.3, 0.4) is 0 Å². The highest BCUT2D eigenvalue weighted by molar-refractivity contribution is 5.93. The number of rotatable bonds is 3. The molecule has 0 radical (unpaired) electrons. The number of nitrogens with one attached hydrogen (secondary N) is 1. The van der Waals surface area contributed by atoms with Crippen LogP contribution in [0.4, 0.5) is 10.5 Å². The summed E-state index contributed by atoms with van der Waals surface area (Å²) in [6.07, 6.45) is 3.26. The molecule has 8 heteroatoms. The molecule has 2 fully saturated rings. The Hall–Kier alpha value is -3.13. The largest absolute Gasteiger partial charge is 0.441 e. The van der Waals surface area contributed by atoms with Crippen molar-refractivity contribution in [1.82, 2.24) is 19.9 Å². The molecule has 0 atom stereocenters. The monoisotopic (exact) mass is 379 g/mol. The standard InChI is InChI=1S/C20H21N5O3/c26-20(28-14-12-27-13-14)25-9-7-24(8-10-25)18-4-6-22-19-15(18)11-17(23-19)16-3-1-2-5-21-16/h1-6,11,14H,7-10,12-13H2,(H,22,23). The quantitative estimate of drug-likeness (QED) is 0.752. The second-order valence-corrected chi connectivity index (χ2v) is 7.01. The van der Waals surface area contributed by atoms with E-state index in [1.807, 2.05) is 30.5 Å². The van der Waals surface area contributed by atoms with Crippen molar-refractivity contribution < 1.29 is 14.3 Å². The lowest BCUT2D eigenvalue weighted by atomic mass is 10.2. The fourth-order valence-corrected chi connectivity index (χ4v) is 3.58. The lowest BCUT2D eigenvalue weighted by molar-refractivity contribution is -0.104. The van der Waals surface area contributed by atoms with Gasteiger partial charge in [-0.05, 0) is 24.3 Å². The fraction of sp³-hybridized carbons (Fsp3) is 0.350. The molecule has 1 amide bonds. The Morgan fingerprint density at radius 1 is 1.11 bits per heavy atom. The maximum absolute atomic E-state index is 12.2. The minimum absolute atomic E-state index is 0.0878. The molecule has 8 nitrogen and oxygen atoms in total. The van der Waals surface area contributed by atoms with Gasteiger partial charge in [-0.1, -0.05) is 6.07 Å². The smallest absolute Gasteiger partial charge is 0.410 e. The maximum Gasteiger partial charge on any atom is 0.410 e. The van der Waals surface area contributed by atoms with E-state index in [0.717, 1.165) is 41.2 Å². The molecule has 0 unspecified atom stereocenters. The summed E-state index contributed by atoms with van der Waals surface area (Å²) in [5, 5.41) is 1.06. The summed E-state index contributed by atoms with van der Waals surface area (Å²) in [5.41, 5.74) is 3.79. The molecule has 0 saturated carbocycles. The zero-order valence-electron chi connectivity index (χ0n) is 15.4. The van der Waals surface area contributed by atoms with Gasteiger partial charge in [0.2, 0.25) is 0 Å². The van der Waals surface area contributed by atoms with Gasteiger partial charge in [0, 0.05) is 49.6 Å². The van der Waals surface area contributed by atoms with Crippen molar-refractivity contribution in [3.63, 3.8) is 0 Å². The van der Waals surface area contributed by atoms with E-state index in [9.17, 15) is 4.79 Å². The molecule has 0 aliphatic carbocycles. The lowest BCUT2D eigenvalue weighted by Crippen LogP contribution is -2.51. The lowest BCUT2D eigenvalue weighted by Gasteiger charge is -2.37. The van der Waals surface area contributed by atoms with Gasteiger partial charge in [0.05, 0.1) is 24.6 Å². The third-order valence-electron chi connectivity index (χ3n) is 5.20. The van der Waals surface area contributed by atoms with Crippen LogP contribution in [0.2, 0.25) is 0 Å². The third kappa shape index (κ3) is 3.16. The van der Waals surface area contributed by atoms with Crippen LogP contribution >= 0.6 is 0 Å². The molecule has 5 rings (SSSR count). The van der Waals surface area contributed by atoms with E-state index in [2.05, 4.69) is 25.9 Å². The zero-order chi connectivity index (χ0) is 18.9. The van der Waals surface area contributed by atoms with Crippen LogP contribution < -0.4 is 4.90 Å². The summed E-state index contributed by atoms with van der Waals surface area (Å²) >= 11 is 0. The van der Waals surface area contributed by atoms with Gasteiger partial charge >= 0.3 is 6.09 Å². The van der Waals surface area contributed by atoms with Crippen LogP contribution in [0, 0.1) is 0 Å². The third-order valence-corrected chi connectivity index (χ3v) is 5.20. The Balaban J connectivity index is 1.32. The molecular weight excluding hydrogens is 358 g/mol. The van der Waals surface area contributed by atoms with Gasteiger partial charge in [0.25, 0.3) is 0 Å². The van der Waals surface area contributed by atoms with Gasteiger partial charge in [0.15, 0.2) is 6.10 Å². The Bertz CT molecular complexity index is 978. The van der Waals surface area contributed by atoms with Crippen molar-refractivity contribution in [2.75, 3.05) is 44.3 Å². The van der Waals surface area contributed by atoms with Crippen molar-refractivity contribution in [3.8, 4) is 11.4 Å². The predicted molar refractivity (Wildman–Crippen MR) is 104 cm³/mol. The first kappa shape index (κ1) is 17.0. The molecular formula is C20H21N5O3. The van der Waals surface area contributed by atoms with Crippen LogP contribution in [0.25, 0.3) is 22.4 Å². The van der Waals surface area contributed by atoms with E-state index >= 15 is 0 Å². The molecule has 0 spiro atoms. The molecule has 2 aliphatic rings. The number of carbonyl (C=O) groups is 1. The van der Waals surface area contributed by atoms with Crippen molar-refractivity contribution in [3.05, 3.63) is 42.7 Å². The number of nitrogens with zero attached hydrogens (tertiary/aromatic N) is 4. The van der Waals surface area contributed by atoms with Crippen LogP contribution in [0.15, 0.2) is 42.7 Å². The topological polar surface area (TPSA) is 83.6 Å². The molecule has 2 aliphatic heterocycles. The fourth-order valence-electron chi connectivity index (χ4n) is 3.58. The first-order valence-corrected chi connectivity index (χ1v) is 9.45. The number of amides is 1. The normalized spacial score (nSPS) is 17.6. The summed E-state index contributed by atoms with van der Waals surface area (Å²) in [6, 6.07) is 9.96. The van der Waals surface area contributed by atoms with Crippen molar-refractivity contribution >= 4 is 22.8 Å². The molecule has 1 N–H and O–H groups in total. The summed E-state index contributed by atoms with van der Waals surface area (Å²) in [5.74, 6) is 0. The van der Waals surface area contributed by atoms with E-state index in [1.54, 1.807) is 11.1 Å². The predicted octanol–water partition coefficient (Wildman–Crippen LogP) is 2.28. The number of anilines is 1. The molecule has 5 heterocycles. The van der Waals surface area contributed by atoms with Crippen LogP contribution in [-0.4, -0.2) is 71.4 Å². The number of piperazine rings is 1. The number of H-pyrrole nitrogens is 1. The van der Waals surface area contributed by atoms with Crippen LogP contribution in [0.5, 0.6) is 0 Å². The van der Waals surface area contributed by atoms with Gasteiger partial charge in [0.1, 0.15) is 5.65 Å². The number of fused-ring (bicyclic) bond motifs is 1. The van der Waals surface area contributed by atoms with Gasteiger partial charge in [-0.15, -0.1) is 0 Å². The number of pyridine rings is 2. The molecule has 0 aromatic carbocycles. The number of ether oxygens (including phenoxy) is 2. The summed E-state index contributed by atoms with van der Waals surface area (Å²) < 4.78 is 10.5. The number of aromatic nitrogens is 3. The molecule has 28 heavy (non-hydrogen) atoms. The summed E-state index contributed by atoms with van der Waals surface area (Å²) in [4.78, 5) is 28.5. The average molecular weight is 379 g/mol. The maximum atomic E-state index is 12.2. The average Bonchev–Trinajstić information content (AvgIpc) is 3.16. The number of aromatic amines is 1. The zero-order valence-corrected chi connectivity index (χ0v) is 15.4. The number of hydrogen-bond donors (Lipinski definition) is 1. The minimum atomic E-state index is -0.244. The van der Waals surface area contributed by atoms with Gasteiger partial charge in [-0.2, -0.15) is 0 Å². The second kappa shape index (κ2) is 7.12. The van der Waals surface area contributed by atoms with Crippen molar-refractivity contribution in [2.24, 2.45) is 0 Å². The minimum Gasteiger partial charge on any atom is -0.441 e. The SMILES string of the molecule is O=C(OC1COC1)N1CCN(c2ccnc3[nH]c(-c4ccccn4)cc23)CC1. The Labute approximate surface area is 162 Å². The first-order chi connectivity index (χ1) is 13.8. The van der Waals surface area contributed by atoms with E-state index in [4.69, 9.17) is 9.47 Å². The molecule has 3 aromatic rings. The highest BCUT2D eigenvalue weighted by Crippen LogP contribution is 2.30. The van der Waals surface area contributed by atoms with Crippen molar-refractivity contribution in [2.45, 2.75) is 6.10 Å². The highest BCUT2D eigenvalue weighted by Gasteiger charge is 2.28.